The van der Waals surface area contributed by atoms with Gasteiger partial charge in [0.05, 0.1) is 6.42 Å². The zero-order valence-corrected chi connectivity index (χ0v) is 14.6. The Morgan fingerprint density at radius 1 is 1.17 bits per heavy atom. The highest BCUT2D eigenvalue weighted by atomic mass is 127. The Morgan fingerprint density at radius 3 is 2.54 bits per heavy atom. The maximum atomic E-state index is 13.6. The Labute approximate surface area is 151 Å². The molecule has 0 aliphatic carbocycles. The molecule has 0 aliphatic rings. The second-order valence-corrected chi connectivity index (χ2v) is 6.45. The van der Waals surface area contributed by atoms with Gasteiger partial charge in [0.1, 0.15) is 17.7 Å². The summed E-state index contributed by atoms with van der Waals surface area (Å²) in [5, 5.41) is 11.6. The number of nitrogens with one attached hydrogen (secondary N) is 1. The Kier molecular flexibility index (Phi) is 6.24. The minimum absolute atomic E-state index is 0.00676. The minimum atomic E-state index is -1.18. The maximum absolute atomic E-state index is 13.6. The van der Waals surface area contributed by atoms with E-state index in [1.807, 2.05) is 12.1 Å². The lowest BCUT2D eigenvalue weighted by molar-refractivity contribution is -0.141. The van der Waals surface area contributed by atoms with Crippen molar-refractivity contribution >= 4 is 34.5 Å². The van der Waals surface area contributed by atoms with Crippen molar-refractivity contribution in [1.29, 1.82) is 0 Å². The number of carboxylic acid groups (broad SMARTS) is 1. The Balaban J connectivity index is 2.04. The molecule has 0 saturated carbocycles. The summed E-state index contributed by atoms with van der Waals surface area (Å²) in [5.41, 5.74) is 0.773. The lowest BCUT2D eigenvalue weighted by Crippen LogP contribution is -2.43. The van der Waals surface area contributed by atoms with E-state index in [0.717, 1.165) is 15.2 Å². The fourth-order valence-corrected chi connectivity index (χ4v) is 2.79. The molecule has 2 aromatic carbocycles. The van der Waals surface area contributed by atoms with Crippen molar-refractivity contribution in [3.63, 3.8) is 0 Å². The summed E-state index contributed by atoms with van der Waals surface area (Å²) in [6, 6.07) is 9.03. The van der Waals surface area contributed by atoms with Crippen molar-refractivity contribution in [3.8, 4) is 0 Å². The van der Waals surface area contributed by atoms with E-state index in [1.165, 1.54) is 6.07 Å². The number of carbonyl (C=O) groups is 2. The molecule has 1 amide bonds. The monoisotopic (exact) mass is 445 g/mol. The Bertz CT molecular complexity index is 767. The number of aliphatic carboxylic acids is 1. The fourth-order valence-electron chi connectivity index (χ4n) is 2.18. The fraction of sp³-hybridized carbons (Fsp3) is 0.176. The third-order valence-electron chi connectivity index (χ3n) is 3.33. The first-order chi connectivity index (χ1) is 11.3. The normalized spacial score (nSPS) is 11.8. The number of amides is 1. The average Bonchev–Trinajstić information content (AvgIpc) is 2.49. The number of hydrogen-bond acceptors (Lipinski definition) is 2. The Morgan fingerprint density at radius 2 is 1.92 bits per heavy atom. The van der Waals surface area contributed by atoms with E-state index in [-0.39, 0.29) is 18.4 Å². The van der Waals surface area contributed by atoms with Crippen LogP contribution in [-0.4, -0.2) is 23.0 Å². The van der Waals surface area contributed by atoms with Crippen molar-refractivity contribution in [2.24, 2.45) is 0 Å². The largest absolute Gasteiger partial charge is 0.480 e. The molecule has 0 bridgehead atoms. The van der Waals surface area contributed by atoms with Crippen LogP contribution in [0.15, 0.2) is 42.5 Å². The minimum Gasteiger partial charge on any atom is -0.480 e. The van der Waals surface area contributed by atoms with Gasteiger partial charge in [-0.25, -0.2) is 13.6 Å². The van der Waals surface area contributed by atoms with E-state index >= 15 is 0 Å². The molecule has 2 N–H and O–H groups in total. The summed E-state index contributed by atoms with van der Waals surface area (Å²) in [4.78, 5) is 23.3. The summed E-state index contributed by atoms with van der Waals surface area (Å²) < 4.78 is 27.4. The molecular weight excluding hydrogens is 431 g/mol. The van der Waals surface area contributed by atoms with Gasteiger partial charge in [0.2, 0.25) is 5.91 Å². The molecular formula is C17H14F2INO3. The van der Waals surface area contributed by atoms with Crippen LogP contribution in [0.2, 0.25) is 0 Å². The molecule has 0 aromatic heterocycles. The van der Waals surface area contributed by atoms with Gasteiger partial charge in [-0.3, -0.25) is 4.79 Å². The van der Waals surface area contributed by atoms with Crippen molar-refractivity contribution < 1.29 is 23.5 Å². The molecule has 1 atom stereocenters. The molecule has 0 aliphatic heterocycles. The molecule has 7 heteroatoms. The van der Waals surface area contributed by atoms with Gasteiger partial charge in [-0.2, -0.15) is 0 Å². The van der Waals surface area contributed by atoms with Gasteiger partial charge >= 0.3 is 5.97 Å². The number of carbonyl (C=O) groups excluding carboxylic acids is 1. The molecule has 4 nitrogen and oxygen atoms in total. The number of hydrogen-bond donors (Lipinski definition) is 2. The van der Waals surface area contributed by atoms with Crippen LogP contribution in [0.4, 0.5) is 8.78 Å². The molecule has 0 heterocycles. The first-order valence-corrected chi connectivity index (χ1v) is 8.13. The SMILES string of the molecule is O=C(Cc1ccc(F)cc1F)N[C@H](Cc1cccc(I)c1)C(=O)O. The second-order valence-electron chi connectivity index (χ2n) is 5.20. The van der Waals surface area contributed by atoms with Crippen LogP contribution in [0, 0.1) is 15.2 Å². The quantitative estimate of drug-likeness (QED) is 0.673. The van der Waals surface area contributed by atoms with Gasteiger partial charge in [0.15, 0.2) is 0 Å². The molecule has 0 saturated heterocycles. The first kappa shape index (κ1) is 18.3. The maximum Gasteiger partial charge on any atom is 0.326 e. The molecule has 126 valence electrons. The van der Waals surface area contributed by atoms with Gasteiger partial charge in [0.25, 0.3) is 0 Å². The van der Waals surface area contributed by atoms with E-state index in [0.29, 0.717) is 6.07 Å². The summed E-state index contributed by atoms with van der Waals surface area (Å²) in [6.45, 7) is 0. The van der Waals surface area contributed by atoms with E-state index in [9.17, 15) is 23.5 Å². The predicted octanol–water partition coefficient (Wildman–Crippen LogP) is 2.92. The van der Waals surface area contributed by atoms with Crippen molar-refractivity contribution in [3.05, 3.63) is 68.8 Å². The third-order valence-corrected chi connectivity index (χ3v) is 4.00. The first-order valence-electron chi connectivity index (χ1n) is 7.05. The van der Waals surface area contributed by atoms with Crippen LogP contribution < -0.4 is 5.32 Å². The number of carboxylic acids is 1. The predicted molar refractivity (Wildman–Crippen MR) is 92.5 cm³/mol. The highest BCUT2D eigenvalue weighted by Gasteiger charge is 2.21. The van der Waals surface area contributed by atoms with Gasteiger partial charge < -0.3 is 10.4 Å². The smallest absolute Gasteiger partial charge is 0.326 e. The standard InChI is InChI=1S/C17H14F2INO3/c18-12-5-4-11(14(19)9-12)8-16(22)21-15(17(23)24)7-10-2-1-3-13(20)6-10/h1-6,9,15H,7-8H2,(H,21,22)(H,23,24)/t15-/m1/s1. The number of benzene rings is 2. The van der Waals surface area contributed by atoms with Crippen LogP contribution >= 0.6 is 22.6 Å². The number of rotatable bonds is 6. The highest BCUT2D eigenvalue weighted by Crippen LogP contribution is 2.12. The number of halogens is 3. The van der Waals surface area contributed by atoms with Crippen LogP contribution in [0.3, 0.4) is 0 Å². The molecule has 0 spiro atoms. The van der Waals surface area contributed by atoms with Crippen LogP contribution in [0.5, 0.6) is 0 Å². The summed E-state index contributed by atoms with van der Waals surface area (Å²) in [7, 11) is 0. The zero-order valence-electron chi connectivity index (χ0n) is 12.4. The van der Waals surface area contributed by atoms with Crippen LogP contribution in [0.25, 0.3) is 0 Å². The van der Waals surface area contributed by atoms with Crippen molar-refractivity contribution in [1.82, 2.24) is 5.32 Å². The van der Waals surface area contributed by atoms with Gasteiger partial charge in [-0.05, 0) is 51.9 Å². The molecule has 0 unspecified atom stereocenters. The molecule has 0 radical (unpaired) electrons. The van der Waals surface area contributed by atoms with Crippen molar-refractivity contribution in [2.75, 3.05) is 0 Å². The van der Waals surface area contributed by atoms with E-state index < -0.39 is 29.6 Å². The molecule has 2 aromatic rings. The highest BCUT2D eigenvalue weighted by molar-refractivity contribution is 14.1. The molecule has 24 heavy (non-hydrogen) atoms. The molecule has 0 fully saturated rings. The second kappa shape index (κ2) is 8.18. The van der Waals surface area contributed by atoms with Gasteiger partial charge in [-0.15, -0.1) is 0 Å². The lowest BCUT2D eigenvalue weighted by atomic mass is 10.1. The van der Waals surface area contributed by atoms with Gasteiger partial charge in [0, 0.05) is 16.1 Å². The van der Waals surface area contributed by atoms with Crippen LogP contribution in [0.1, 0.15) is 11.1 Å². The summed E-state index contributed by atoms with van der Waals surface area (Å²) >= 11 is 2.11. The zero-order chi connectivity index (χ0) is 17.7. The van der Waals surface area contributed by atoms with Crippen molar-refractivity contribution in [2.45, 2.75) is 18.9 Å². The topological polar surface area (TPSA) is 66.4 Å². The summed E-state index contributed by atoms with van der Waals surface area (Å²) in [5.74, 6) is -3.39. The third kappa shape index (κ3) is 5.26. The van der Waals surface area contributed by atoms with Crippen LogP contribution in [-0.2, 0) is 22.4 Å². The molecule has 2 rings (SSSR count). The van der Waals surface area contributed by atoms with E-state index in [4.69, 9.17) is 0 Å². The summed E-state index contributed by atoms with van der Waals surface area (Å²) in [6.07, 6.45) is -0.244. The average molecular weight is 445 g/mol. The van der Waals surface area contributed by atoms with Gasteiger partial charge in [-0.1, -0.05) is 18.2 Å². The van der Waals surface area contributed by atoms with E-state index in [1.54, 1.807) is 12.1 Å². The Hall–Kier alpha value is -2.03. The lowest BCUT2D eigenvalue weighted by Gasteiger charge is -2.15. The van der Waals surface area contributed by atoms with E-state index in [2.05, 4.69) is 27.9 Å².